The zero-order chi connectivity index (χ0) is 9.10. The minimum Gasteiger partial charge on any atom is -0.397 e. The van der Waals surface area contributed by atoms with Crippen LogP contribution in [0.1, 0.15) is 12.0 Å². The number of nitrogens with zero attached hydrogens (tertiary/aromatic N) is 1. The Kier molecular flexibility index (Phi) is 2.27. The van der Waals surface area contributed by atoms with E-state index >= 15 is 0 Å². The molecule has 3 nitrogen and oxygen atoms in total. The highest BCUT2D eigenvalue weighted by Crippen LogP contribution is 2.23. The lowest BCUT2D eigenvalue weighted by Crippen LogP contribution is -2.20. The predicted molar refractivity (Wildman–Crippen MR) is 54.1 cm³/mol. The lowest BCUT2D eigenvalue weighted by Gasteiger charge is -2.15. The van der Waals surface area contributed by atoms with Gasteiger partial charge in [-0.25, -0.2) is 0 Å². The highest BCUT2D eigenvalue weighted by atomic mass is 14.8. The van der Waals surface area contributed by atoms with E-state index in [0.717, 1.165) is 30.8 Å². The molecule has 0 radical (unpaired) electrons. The Morgan fingerprint density at radius 1 is 1.46 bits per heavy atom. The molecule has 0 bridgehead atoms. The van der Waals surface area contributed by atoms with Crippen molar-refractivity contribution in [3.05, 3.63) is 30.1 Å². The lowest BCUT2D eigenvalue weighted by atomic mass is 10.0. The molecular weight excluding hydrogens is 162 g/mol. The Morgan fingerprint density at radius 3 is 3.08 bits per heavy atom. The molecule has 1 aliphatic heterocycles. The van der Waals surface area contributed by atoms with Gasteiger partial charge in [0.1, 0.15) is 0 Å². The van der Waals surface area contributed by atoms with Crippen LogP contribution in [0.4, 0.5) is 5.69 Å². The normalized spacial score (nSPS) is 16.8. The van der Waals surface area contributed by atoms with E-state index in [1.54, 1.807) is 12.4 Å². The van der Waals surface area contributed by atoms with Gasteiger partial charge >= 0.3 is 0 Å². The zero-order valence-corrected chi connectivity index (χ0v) is 7.46. The third-order valence-corrected chi connectivity index (χ3v) is 2.26. The van der Waals surface area contributed by atoms with Gasteiger partial charge in [-0.05, 0) is 24.6 Å². The first-order valence-corrected chi connectivity index (χ1v) is 4.47. The summed E-state index contributed by atoms with van der Waals surface area (Å²) in [6, 6.07) is 1.98. The van der Waals surface area contributed by atoms with E-state index in [0.29, 0.717) is 0 Å². The maximum atomic E-state index is 5.83. The quantitative estimate of drug-likeness (QED) is 0.670. The number of anilines is 1. The molecule has 13 heavy (non-hydrogen) atoms. The second-order valence-corrected chi connectivity index (χ2v) is 3.15. The van der Waals surface area contributed by atoms with E-state index < -0.39 is 0 Å². The van der Waals surface area contributed by atoms with E-state index in [2.05, 4.69) is 16.4 Å². The van der Waals surface area contributed by atoms with Crippen LogP contribution in [-0.2, 0) is 0 Å². The first-order valence-electron chi connectivity index (χ1n) is 4.47. The first-order chi connectivity index (χ1) is 6.38. The van der Waals surface area contributed by atoms with Crippen LogP contribution in [-0.4, -0.2) is 18.1 Å². The molecule has 0 saturated heterocycles. The number of nitrogens with one attached hydrogen (secondary N) is 1. The van der Waals surface area contributed by atoms with Crippen molar-refractivity contribution in [2.24, 2.45) is 0 Å². The molecule has 0 saturated carbocycles. The van der Waals surface area contributed by atoms with Crippen LogP contribution in [0.5, 0.6) is 0 Å². The fraction of sp³-hybridized carbons (Fsp3) is 0.300. The summed E-state index contributed by atoms with van der Waals surface area (Å²) in [5.74, 6) is 0. The number of rotatable bonds is 1. The number of aromatic nitrogens is 1. The van der Waals surface area contributed by atoms with Crippen molar-refractivity contribution in [1.82, 2.24) is 10.3 Å². The standard InChI is InChI=1S/C10H13N3/c11-10-7-13-6-3-9(10)8-1-4-12-5-2-8/h1,3,6-7,12H,2,4-5,11H2. The average molecular weight is 175 g/mol. The van der Waals surface area contributed by atoms with Gasteiger partial charge in [0, 0.05) is 18.3 Å². The fourth-order valence-electron chi connectivity index (χ4n) is 1.57. The molecular formula is C10H13N3. The van der Waals surface area contributed by atoms with Crippen molar-refractivity contribution in [1.29, 1.82) is 0 Å². The van der Waals surface area contributed by atoms with Crippen LogP contribution in [0, 0.1) is 0 Å². The molecule has 0 amide bonds. The lowest BCUT2D eigenvalue weighted by molar-refractivity contribution is 0.738. The highest BCUT2D eigenvalue weighted by molar-refractivity contribution is 5.74. The Morgan fingerprint density at radius 2 is 2.38 bits per heavy atom. The smallest absolute Gasteiger partial charge is 0.0576 e. The van der Waals surface area contributed by atoms with Gasteiger partial charge in [-0.3, -0.25) is 4.98 Å². The Bertz CT molecular complexity index is 331. The number of nitrogens with two attached hydrogens (primary N) is 1. The molecule has 1 aliphatic rings. The molecule has 3 N–H and O–H groups in total. The molecule has 1 aromatic heterocycles. The maximum absolute atomic E-state index is 5.83. The Balaban J connectivity index is 2.34. The van der Waals surface area contributed by atoms with Crippen molar-refractivity contribution >= 4 is 11.3 Å². The summed E-state index contributed by atoms with van der Waals surface area (Å²) in [4.78, 5) is 3.97. The number of pyridine rings is 1. The van der Waals surface area contributed by atoms with Crippen molar-refractivity contribution < 1.29 is 0 Å². The van der Waals surface area contributed by atoms with Crippen LogP contribution in [0.3, 0.4) is 0 Å². The van der Waals surface area contributed by atoms with Gasteiger partial charge in [0.05, 0.1) is 11.9 Å². The van der Waals surface area contributed by atoms with E-state index in [-0.39, 0.29) is 0 Å². The zero-order valence-electron chi connectivity index (χ0n) is 7.46. The summed E-state index contributed by atoms with van der Waals surface area (Å²) >= 11 is 0. The van der Waals surface area contributed by atoms with Gasteiger partial charge < -0.3 is 11.1 Å². The largest absolute Gasteiger partial charge is 0.397 e. The summed E-state index contributed by atoms with van der Waals surface area (Å²) < 4.78 is 0. The third kappa shape index (κ3) is 1.70. The van der Waals surface area contributed by atoms with Crippen LogP contribution < -0.4 is 11.1 Å². The molecule has 3 heteroatoms. The van der Waals surface area contributed by atoms with Gasteiger partial charge in [-0.15, -0.1) is 0 Å². The molecule has 68 valence electrons. The number of hydrogen-bond donors (Lipinski definition) is 2. The van der Waals surface area contributed by atoms with Crippen molar-refractivity contribution in [2.75, 3.05) is 18.8 Å². The van der Waals surface area contributed by atoms with Gasteiger partial charge in [-0.2, -0.15) is 0 Å². The van der Waals surface area contributed by atoms with Crippen LogP contribution >= 0.6 is 0 Å². The molecule has 1 aromatic rings. The number of nitrogen functional groups attached to an aromatic ring is 1. The second-order valence-electron chi connectivity index (χ2n) is 3.15. The summed E-state index contributed by atoms with van der Waals surface area (Å²) in [5, 5.41) is 3.27. The van der Waals surface area contributed by atoms with Gasteiger partial charge in [0.25, 0.3) is 0 Å². The Hall–Kier alpha value is -1.35. The monoisotopic (exact) mass is 175 g/mol. The van der Waals surface area contributed by atoms with E-state index in [1.807, 2.05) is 6.07 Å². The molecule has 0 aromatic carbocycles. The highest BCUT2D eigenvalue weighted by Gasteiger charge is 2.07. The van der Waals surface area contributed by atoms with Crippen LogP contribution in [0.25, 0.3) is 5.57 Å². The summed E-state index contributed by atoms with van der Waals surface area (Å²) in [7, 11) is 0. The molecule has 0 atom stereocenters. The minimum atomic E-state index is 0.774. The fourth-order valence-corrected chi connectivity index (χ4v) is 1.57. The SMILES string of the molecule is Nc1cnccc1C1=CCNCC1. The topological polar surface area (TPSA) is 50.9 Å². The predicted octanol–water partition coefficient (Wildman–Crippen LogP) is 1.04. The summed E-state index contributed by atoms with van der Waals surface area (Å²) in [5.41, 5.74) is 9.07. The molecule has 0 fully saturated rings. The van der Waals surface area contributed by atoms with Crippen molar-refractivity contribution in [3.63, 3.8) is 0 Å². The Labute approximate surface area is 77.7 Å². The summed E-state index contributed by atoms with van der Waals surface area (Å²) in [6.45, 7) is 1.98. The second kappa shape index (κ2) is 3.58. The number of hydrogen-bond acceptors (Lipinski definition) is 3. The maximum Gasteiger partial charge on any atom is 0.0576 e. The molecule has 2 heterocycles. The van der Waals surface area contributed by atoms with Crippen LogP contribution in [0.2, 0.25) is 0 Å². The van der Waals surface area contributed by atoms with E-state index in [4.69, 9.17) is 5.73 Å². The minimum absolute atomic E-state index is 0.774. The summed E-state index contributed by atoms with van der Waals surface area (Å²) in [6.07, 6.45) is 6.73. The van der Waals surface area contributed by atoms with Gasteiger partial charge in [0.2, 0.25) is 0 Å². The third-order valence-electron chi connectivity index (χ3n) is 2.26. The van der Waals surface area contributed by atoms with Gasteiger partial charge in [0.15, 0.2) is 0 Å². The molecule has 2 rings (SSSR count). The van der Waals surface area contributed by atoms with Gasteiger partial charge in [-0.1, -0.05) is 6.08 Å². The van der Waals surface area contributed by atoms with E-state index in [1.165, 1.54) is 5.57 Å². The van der Waals surface area contributed by atoms with Crippen LogP contribution in [0.15, 0.2) is 24.5 Å². The van der Waals surface area contributed by atoms with Crippen molar-refractivity contribution in [2.45, 2.75) is 6.42 Å². The van der Waals surface area contributed by atoms with E-state index in [9.17, 15) is 0 Å². The first kappa shape index (κ1) is 8.26. The molecule has 0 spiro atoms. The molecule has 0 unspecified atom stereocenters. The average Bonchev–Trinajstić information content (AvgIpc) is 2.20. The molecule has 0 aliphatic carbocycles. The van der Waals surface area contributed by atoms with Crippen molar-refractivity contribution in [3.8, 4) is 0 Å².